The monoisotopic (exact) mass is 372 g/mol. The second-order valence-corrected chi connectivity index (χ2v) is 7.63. The third-order valence-corrected chi connectivity index (χ3v) is 6.47. The van der Waals surface area contributed by atoms with E-state index in [1.54, 1.807) is 30.7 Å². The highest BCUT2D eigenvalue weighted by atomic mass is 32.2. The molecule has 4 rings (SSSR count). The minimum atomic E-state index is -0.674. The molecule has 128 valence electrons. The zero-order valence-electron chi connectivity index (χ0n) is 13.5. The van der Waals surface area contributed by atoms with Crippen molar-refractivity contribution in [1.29, 1.82) is 0 Å². The summed E-state index contributed by atoms with van der Waals surface area (Å²) in [6.07, 6.45) is 5.39. The lowest BCUT2D eigenvalue weighted by molar-refractivity contribution is -0.141. The Balaban J connectivity index is 1.92. The van der Waals surface area contributed by atoms with E-state index in [1.807, 2.05) is 35.7 Å². The van der Waals surface area contributed by atoms with E-state index in [4.69, 9.17) is 14.9 Å². The zero-order valence-corrected chi connectivity index (χ0v) is 15.1. The number of aliphatic imine (C=N–C) groups is 1. The molecule has 0 amide bonds. The average Bonchev–Trinajstić information content (AvgIpc) is 3.36. The Morgan fingerprint density at radius 1 is 1.44 bits per heavy atom. The maximum atomic E-state index is 12.3. The van der Waals surface area contributed by atoms with Gasteiger partial charge in [-0.2, -0.15) is 0 Å². The SMILES string of the molecule is CCOC(=O)C1SC2=NC=CC(c3ccco3)(c3cccs3)C2=C1N. The fourth-order valence-corrected chi connectivity index (χ4v) is 5.28. The molecule has 2 aliphatic heterocycles. The molecule has 2 aromatic heterocycles. The summed E-state index contributed by atoms with van der Waals surface area (Å²) in [5, 5.41) is 2.17. The van der Waals surface area contributed by atoms with Gasteiger partial charge in [0.2, 0.25) is 0 Å². The number of ether oxygens (including phenoxy) is 1. The highest BCUT2D eigenvalue weighted by Crippen LogP contribution is 2.51. The van der Waals surface area contributed by atoms with Gasteiger partial charge in [0.25, 0.3) is 0 Å². The molecule has 0 saturated heterocycles. The molecule has 4 heterocycles. The number of hydrogen-bond donors (Lipinski definition) is 1. The Hall–Kier alpha value is -2.25. The van der Waals surface area contributed by atoms with E-state index >= 15 is 0 Å². The van der Waals surface area contributed by atoms with Crippen LogP contribution in [0, 0.1) is 0 Å². The van der Waals surface area contributed by atoms with Crippen LogP contribution in [0.5, 0.6) is 0 Å². The fourth-order valence-electron chi connectivity index (χ4n) is 3.21. The molecule has 0 aromatic carbocycles. The summed E-state index contributed by atoms with van der Waals surface area (Å²) in [4.78, 5) is 17.9. The second kappa shape index (κ2) is 6.24. The van der Waals surface area contributed by atoms with Crippen molar-refractivity contribution >= 4 is 34.1 Å². The van der Waals surface area contributed by atoms with Crippen LogP contribution in [0.2, 0.25) is 0 Å². The third kappa shape index (κ3) is 2.38. The highest BCUT2D eigenvalue weighted by molar-refractivity contribution is 8.16. The van der Waals surface area contributed by atoms with Gasteiger partial charge in [-0.25, -0.2) is 4.99 Å². The second-order valence-electron chi connectivity index (χ2n) is 5.59. The van der Waals surface area contributed by atoms with Crippen LogP contribution in [0.25, 0.3) is 0 Å². The number of carbonyl (C=O) groups excluding carboxylic acids is 1. The number of nitrogens with zero attached hydrogens (tertiary/aromatic N) is 1. The Bertz CT molecular complexity index is 845. The molecule has 0 spiro atoms. The van der Waals surface area contributed by atoms with Crippen molar-refractivity contribution in [1.82, 2.24) is 0 Å². The van der Waals surface area contributed by atoms with E-state index in [-0.39, 0.29) is 5.97 Å². The first-order chi connectivity index (χ1) is 12.2. The van der Waals surface area contributed by atoms with Gasteiger partial charge in [-0.05, 0) is 36.6 Å². The maximum absolute atomic E-state index is 12.3. The highest BCUT2D eigenvalue weighted by Gasteiger charge is 2.50. The van der Waals surface area contributed by atoms with E-state index in [1.165, 1.54) is 11.8 Å². The quantitative estimate of drug-likeness (QED) is 0.832. The van der Waals surface area contributed by atoms with Crippen LogP contribution < -0.4 is 5.73 Å². The summed E-state index contributed by atoms with van der Waals surface area (Å²) in [7, 11) is 0. The minimum Gasteiger partial charge on any atom is -0.468 e. The van der Waals surface area contributed by atoms with Gasteiger partial charge < -0.3 is 14.9 Å². The number of carbonyl (C=O) groups is 1. The van der Waals surface area contributed by atoms with Gasteiger partial charge >= 0.3 is 5.97 Å². The molecule has 25 heavy (non-hydrogen) atoms. The van der Waals surface area contributed by atoms with Crippen LogP contribution in [0.3, 0.4) is 0 Å². The number of fused-ring (bicyclic) bond motifs is 1. The predicted molar refractivity (Wildman–Crippen MR) is 99.6 cm³/mol. The Labute approximate surface area is 153 Å². The molecule has 0 fully saturated rings. The van der Waals surface area contributed by atoms with E-state index in [0.29, 0.717) is 12.3 Å². The smallest absolute Gasteiger partial charge is 0.325 e. The zero-order chi connectivity index (χ0) is 17.4. The molecule has 2 aromatic rings. The molecule has 0 saturated carbocycles. The Morgan fingerprint density at radius 2 is 2.32 bits per heavy atom. The normalized spacial score (nSPS) is 25.0. The van der Waals surface area contributed by atoms with Crippen molar-refractivity contribution in [3.8, 4) is 0 Å². The largest absolute Gasteiger partial charge is 0.468 e. The molecule has 5 nitrogen and oxygen atoms in total. The van der Waals surface area contributed by atoms with Crippen molar-refractivity contribution in [3.05, 3.63) is 70.1 Å². The van der Waals surface area contributed by atoms with Gasteiger partial charge in [-0.3, -0.25) is 4.79 Å². The number of thioether (sulfide) groups is 1. The number of esters is 1. The number of hydrogen-bond acceptors (Lipinski definition) is 7. The van der Waals surface area contributed by atoms with Crippen molar-refractivity contribution in [2.75, 3.05) is 6.61 Å². The fraction of sp³-hybridized carbons (Fsp3) is 0.222. The summed E-state index contributed by atoms with van der Waals surface area (Å²) in [5.74, 6) is 0.413. The molecule has 0 bridgehead atoms. The standard InChI is InChI=1S/C18H16N2O3S2/c1-2-22-17(21)15-14(19)13-16(25-15)20-8-7-18(13,11-5-3-9-23-11)12-6-4-10-24-12/h3-10,15H,2,19H2,1H3. The third-order valence-electron chi connectivity index (χ3n) is 4.25. The lowest BCUT2D eigenvalue weighted by atomic mass is 9.74. The van der Waals surface area contributed by atoms with Crippen LogP contribution in [0.1, 0.15) is 17.6 Å². The number of furan rings is 1. The Morgan fingerprint density at radius 3 is 3.00 bits per heavy atom. The minimum absolute atomic E-state index is 0.317. The van der Waals surface area contributed by atoms with Gasteiger partial charge in [0.15, 0.2) is 0 Å². The molecule has 7 heteroatoms. The van der Waals surface area contributed by atoms with Gasteiger partial charge in [0, 0.05) is 22.3 Å². The molecular formula is C18H16N2O3S2. The van der Waals surface area contributed by atoms with Gasteiger partial charge in [0.1, 0.15) is 21.5 Å². The van der Waals surface area contributed by atoms with Crippen molar-refractivity contribution < 1.29 is 13.9 Å². The molecule has 2 unspecified atom stereocenters. The van der Waals surface area contributed by atoms with Gasteiger partial charge in [-0.15, -0.1) is 11.3 Å². The van der Waals surface area contributed by atoms with Crippen LogP contribution in [0.4, 0.5) is 0 Å². The van der Waals surface area contributed by atoms with Crippen LogP contribution in [-0.4, -0.2) is 22.9 Å². The first-order valence-corrected chi connectivity index (χ1v) is 9.61. The molecule has 0 aliphatic carbocycles. The number of nitrogens with two attached hydrogens (primary N) is 1. The molecule has 0 radical (unpaired) electrons. The molecule has 2 atom stereocenters. The van der Waals surface area contributed by atoms with Gasteiger partial charge in [-0.1, -0.05) is 17.8 Å². The lowest BCUT2D eigenvalue weighted by Gasteiger charge is -2.31. The van der Waals surface area contributed by atoms with E-state index in [9.17, 15) is 4.79 Å². The summed E-state index contributed by atoms with van der Waals surface area (Å²) >= 11 is 2.95. The predicted octanol–water partition coefficient (Wildman–Crippen LogP) is 3.44. The molecule has 2 N–H and O–H groups in total. The first kappa shape index (κ1) is 16.2. The number of allylic oxidation sites excluding steroid dienone is 1. The summed E-state index contributed by atoms with van der Waals surface area (Å²) in [6.45, 7) is 2.10. The van der Waals surface area contributed by atoms with Crippen LogP contribution in [0.15, 0.2) is 68.9 Å². The Kier molecular flexibility index (Phi) is 4.05. The van der Waals surface area contributed by atoms with Crippen LogP contribution in [-0.2, 0) is 14.9 Å². The summed E-state index contributed by atoms with van der Waals surface area (Å²) in [6, 6.07) is 7.82. The average molecular weight is 372 g/mol. The topological polar surface area (TPSA) is 77.8 Å². The van der Waals surface area contributed by atoms with Crippen molar-refractivity contribution in [3.63, 3.8) is 0 Å². The molecule has 2 aliphatic rings. The van der Waals surface area contributed by atoms with E-state index in [2.05, 4.69) is 4.99 Å². The maximum Gasteiger partial charge on any atom is 0.325 e. The molecular weight excluding hydrogens is 356 g/mol. The lowest BCUT2D eigenvalue weighted by Crippen LogP contribution is -2.33. The van der Waals surface area contributed by atoms with Crippen molar-refractivity contribution in [2.24, 2.45) is 10.7 Å². The number of rotatable bonds is 4. The van der Waals surface area contributed by atoms with Crippen molar-refractivity contribution in [2.45, 2.75) is 17.6 Å². The summed E-state index contributed by atoms with van der Waals surface area (Å²) in [5.41, 5.74) is 7.08. The summed E-state index contributed by atoms with van der Waals surface area (Å²) < 4.78 is 11.0. The van der Waals surface area contributed by atoms with E-state index in [0.717, 1.165) is 21.3 Å². The van der Waals surface area contributed by atoms with E-state index < -0.39 is 10.7 Å². The first-order valence-electron chi connectivity index (χ1n) is 7.85. The van der Waals surface area contributed by atoms with Crippen LogP contribution >= 0.6 is 23.1 Å². The number of thiophene rings is 1. The van der Waals surface area contributed by atoms with Gasteiger partial charge in [0.05, 0.1) is 12.9 Å².